The summed E-state index contributed by atoms with van der Waals surface area (Å²) < 4.78 is 7.23. The van der Waals surface area contributed by atoms with Crippen molar-refractivity contribution >= 4 is 51.5 Å². The van der Waals surface area contributed by atoms with Crippen molar-refractivity contribution in [3.05, 3.63) is 64.5 Å². The Morgan fingerprint density at radius 1 is 1.26 bits per heavy atom. The van der Waals surface area contributed by atoms with Gasteiger partial charge in [-0.25, -0.2) is 9.97 Å². The summed E-state index contributed by atoms with van der Waals surface area (Å²) in [6.07, 6.45) is 6.21. The molecular weight excluding hydrogens is 487 g/mol. The van der Waals surface area contributed by atoms with Crippen LogP contribution in [0.1, 0.15) is 24.8 Å². The number of carbonyl (C=O) groups is 1. The molecule has 2 atom stereocenters. The number of carbonyl (C=O) groups excluding carboxylic acids is 1. The van der Waals surface area contributed by atoms with Gasteiger partial charge in [0.2, 0.25) is 5.91 Å². The Hall–Kier alpha value is -3.20. The normalized spacial score (nSPS) is 17.0. The van der Waals surface area contributed by atoms with Gasteiger partial charge in [0.25, 0.3) is 0 Å². The molecule has 4 aromatic rings. The lowest BCUT2D eigenvalue weighted by Crippen LogP contribution is -2.15. The highest BCUT2D eigenvalue weighted by Crippen LogP contribution is 2.48. The average Bonchev–Trinajstić information content (AvgIpc) is 3.50. The van der Waals surface area contributed by atoms with E-state index in [2.05, 4.69) is 20.4 Å². The number of hydrogen-bond donors (Lipinski definition) is 2. The molecule has 8 nitrogen and oxygen atoms in total. The number of fused-ring (bicyclic) bond motifs is 1. The number of aromatic nitrogens is 4. The first kappa shape index (κ1) is 23.5. The van der Waals surface area contributed by atoms with Crippen LogP contribution in [-0.2, 0) is 16.1 Å². The van der Waals surface area contributed by atoms with Gasteiger partial charge in [-0.15, -0.1) is 0 Å². The van der Waals surface area contributed by atoms with Gasteiger partial charge in [-0.2, -0.15) is 5.10 Å². The summed E-state index contributed by atoms with van der Waals surface area (Å²) in [5.74, 6) is 0.729. The number of rotatable bonds is 8. The number of benzene rings is 1. The standard InChI is InChI=1S/C25H24Cl2N6O2/c1-2-35-7-6-33-13-15(11-30-33)16-10-17(16)25(34)32-22-9-14-8-21(31-24(28)18(14)12-29-22)23-19(26)4-3-5-20(23)27/h3-5,8-9,11-13,16-17H,2,6-7,10H2,1H3,(H2,28,31)(H,29,32,34)/t16-,17+/m0/s1. The quantitative estimate of drug-likeness (QED) is 0.317. The fraction of sp³-hybridized carbons (Fsp3) is 0.280. The molecule has 1 aliphatic carbocycles. The van der Waals surface area contributed by atoms with Crippen LogP contribution in [0, 0.1) is 5.92 Å². The number of nitrogens with one attached hydrogen (secondary N) is 1. The summed E-state index contributed by atoms with van der Waals surface area (Å²) >= 11 is 12.7. The van der Waals surface area contributed by atoms with Gasteiger partial charge in [0, 0.05) is 35.9 Å². The molecule has 3 N–H and O–H groups in total. The summed E-state index contributed by atoms with van der Waals surface area (Å²) in [5, 5.41) is 9.72. The van der Waals surface area contributed by atoms with Crippen LogP contribution in [-0.4, -0.2) is 38.9 Å². The SMILES string of the molecule is CCOCCn1cc([C@@H]2C[C@H]2C(=O)Nc2cc3cc(-c4c(Cl)cccc4Cl)nc(N)c3cn2)cn1. The van der Waals surface area contributed by atoms with Gasteiger partial charge in [-0.1, -0.05) is 29.3 Å². The summed E-state index contributed by atoms with van der Waals surface area (Å²) in [6.45, 7) is 3.95. The molecule has 1 fully saturated rings. The van der Waals surface area contributed by atoms with Crippen molar-refractivity contribution in [3.8, 4) is 11.3 Å². The third-order valence-corrected chi connectivity index (χ3v) is 6.72. The second-order valence-corrected chi connectivity index (χ2v) is 9.27. The average molecular weight is 511 g/mol. The molecule has 0 unspecified atom stereocenters. The second kappa shape index (κ2) is 9.81. The van der Waals surface area contributed by atoms with Gasteiger partial charge in [0.15, 0.2) is 0 Å². The second-order valence-electron chi connectivity index (χ2n) is 8.45. The molecule has 0 radical (unpaired) electrons. The van der Waals surface area contributed by atoms with Crippen LogP contribution in [0.3, 0.4) is 0 Å². The minimum atomic E-state index is -0.114. The molecule has 5 rings (SSSR count). The minimum Gasteiger partial charge on any atom is -0.383 e. The first-order valence-corrected chi connectivity index (χ1v) is 12.1. The van der Waals surface area contributed by atoms with Gasteiger partial charge in [0.05, 0.1) is 35.1 Å². The van der Waals surface area contributed by atoms with E-state index in [4.69, 9.17) is 33.7 Å². The number of pyridine rings is 2. The van der Waals surface area contributed by atoms with E-state index in [1.54, 1.807) is 30.5 Å². The van der Waals surface area contributed by atoms with Crippen molar-refractivity contribution in [2.24, 2.45) is 5.92 Å². The van der Waals surface area contributed by atoms with Crippen LogP contribution < -0.4 is 11.1 Å². The highest BCUT2D eigenvalue weighted by atomic mass is 35.5. The van der Waals surface area contributed by atoms with Crippen LogP contribution >= 0.6 is 23.2 Å². The predicted octanol–water partition coefficient (Wildman–Crippen LogP) is 5.16. The van der Waals surface area contributed by atoms with E-state index >= 15 is 0 Å². The van der Waals surface area contributed by atoms with Crippen molar-refractivity contribution in [3.63, 3.8) is 0 Å². The van der Waals surface area contributed by atoms with Gasteiger partial charge in [-0.05, 0) is 54.5 Å². The summed E-state index contributed by atoms with van der Waals surface area (Å²) in [5.41, 5.74) is 8.41. The molecule has 3 aromatic heterocycles. The number of nitrogens with two attached hydrogens (primary N) is 1. The molecule has 1 aliphatic rings. The number of ether oxygens (including phenoxy) is 1. The van der Waals surface area contributed by atoms with Crippen LogP contribution in [0.2, 0.25) is 10.0 Å². The topological polar surface area (TPSA) is 108 Å². The maximum atomic E-state index is 12.9. The molecule has 1 amide bonds. The maximum absolute atomic E-state index is 12.9. The van der Waals surface area contributed by atoms with E-state index in [9.17, 15) is 4.79 Å². The molecule has 0 spiro atoms. The highest BCUT2D eigenvalue weighted by molar-refractivity contribution is 6.39. The summed E-state index contributed by atoms with van der Waals surface area (Å²) in [6, 6.07) is 8.89. The van der Waals surface area contributed by atoms with E-state index in [0.717, 1.165) is 17.4 Å². The lowest BCUT2D eigenvalue weighted by Gasteiger charge is -2.11. The maximum Gasteiger partial charge on any atom is 0.229 e. The Labute approximate surface area is 212 Å². The van der Waals surface area contributed by atoms with E-state index in [1.165, 1.54) is 0 Å². The van der Waals surface area contributed by atoms with Gasteiger partial charge in [-0.3, -0.25) is 9.48 Å². The zero-order valence-electron chi connectivity index (χ0n) is 19.0. The molecule has 10 heteroatoms. The predicted molar refractivity (Wildman–Crippen MR) is 138 cm³/mol. The van der Waals surface area contributed by atoms with Crippen LogP contribution in [0.4, 0.5) is 11.6 Å². The molecule has 3 heterocycles. The largest absolute Gasteiger partial charge is 0.383 e. The molecule has 180 valence electrons. The third-order valence-electron chi connectivity index (χ3n) is 6.09. The molecule has 0 bridgehead atoms. The molecule has 0 aliphatic heterocycles. The molecular formula is C25H24Cl2N6O2. The lowest BCUT2D eigenvalue weighted by atomic mass is 10.1. The Bertz CT molecular complexity index is 1390. The number of anilines is 2. The minimum absolute atomic E-state index is 0.0692. The summed E-state index contributed by atoms with van der Waals surface area (Å²) in [7, 11) is 0. The highest BCUT2D eigenvalue weighted by Gasteiger charge is 2.44. The van der Waals surface area contributed by atoms with Crippen LogP contribution in [0.25, 0.3) is 22.0 Å². The number of amides is 1. The summed E-state index contributed by atoms with van der Waals surface area (Å²) in [4.78, 5) is 21.7. The number of hydrogen-bond acceptors (Lipinski definition) is 6. The zero-order chi connectivity index (χ0) is 24.5. The third kappa shape index (κ3) is 4.96. The van der Waals surface area contributed by atoms with Crippen molar-refractivity contribution in [2.45, 2.75) is 25.8 Å². The van der Waals surface area contributed by atoms with E-state index < -0.39 is 0 Å². The lowest BCUT2D eigenvalue weighted by molar-refractivity contribution is -0.117. The van der Waals surface area contributed by atoms with Crippen molar-refractivity contribution in [1.29, 1.82) is 0 Å². The monoisotopic (exact) mass is 510 g/mol. The van der Waals surface area contributed by atoms with E-state index in [1.807, 2.05) is 30.1 Å². The number of halogens is 2. The Morgan fingerprint density at radius 3 is 2.83 bits per heavy atom. The first-order valence-electron chi connectivity index (χ1n) is 11.4. The molecule has 0 saturated heterocycles. The van der Waals surface area contributed by atoms with E-state index in [-0.39, 0.29) is 17.7 Å². The first-order chi connectivity index (χ1) is 16.9. The fourth-order valence-electron chi connectivity index (χ4n) is 4.18. The molecule has 35 heavy (non-hydrogen) atoms. The van der Waals surface area contributed by atoms with Gasteiger partial charge >= 0.3 is 0 Å². The van der Waals surface area contributed by atoms with Gasteiger partial charge in [0.1, 0.15) is 11.6 Å². The van der Waals surface area contributed by atoms with Crippen LogP contribution in [0.15, 0.2) is 48.9 Å². The molecule has 1 aromatic carbocycles. The van der Waals surface area contributed by atoms with E-state index in [0.29, 0.717) is 58.1 Å². The van der Waals surface area contributed by atoms with Crippen molar-refractivity contribution in [2.75, 3.05) is 24.3 Å². The fourth-order valence-corrected chi connectivity index (χ4v) is 4.77. The zero-order valence-corrected chi connectivity index (χ0v) is 20.6. The molecule has 1 saturated carbocycles. The Morgan fingerprint density at radius 2 is 2.06 bits per heavy atom. The number of nitrogen functional groups attached to an aromatic ring is 1. The Balaban J connectivity index is 1.31. The van der Waals surface area contributed by atoms with Crippen molar-refractivity contribution in [1.82, 2.24) is 19.7 Å². The number of nitrogens with zero attached hydrogens (tertiary/aromatic N) is 4. The smallest absolute Gasteiger partial charge is 0.229 e. The van der Waals surface area contributed by atoms with Crippen LogP contribution in [0.5, 0.6) is 0 Å². The Kier molecular flexibility index (Phi) is 6.60. The van der Waals surface area contributed by atoms with Crippen molar-refractivity contribution < 1.29 is 9.53 Å². The van der Waals surface area contributed by atoms with Gasteiger partial charge < -0.3 is 15.8 Å².